The number of aromatic nitrogens is 1. The molecule has 6 nitrogen and oxygen atoms in total. The van der Waals surface area contributed by atoms with E-state index in [2.05, 4.69) is 27.1 Å². The number of hydrogen-bond acceptors (Lipinski definition) is 4. The van der Waals surface area contributed by atoms with E-state index in [1.54, 1.807) is 30.4 Å². The monoisotopic (exact) mass is 349 g/mol. The van der Waals surface area contributed by atoms with Crippen molar-refractivity contribution in [1.29, 1.82) is 0 Å². The zero-order valence-electron chi connectivity index (χ0n) is 15.0. The average molecular weight is 349 g/mol. The van der Waals surface area contributed by atoms with Gasteiger partial charge in [0, 0.05) is 43.4 Å². The summed E-state index contributed by atoms with van der Waals surface area (Å²) in [6.07, 6.45) is 3.76. The lowest BCUT2D eigenvalue weighted by Gasteiger charge is -2.15. The van der Waals surface area contributed by atoms with E-state index in [4.69, 9.17) is 0 Å². The highest BCUT2D eigenvalue weighted by atomic mass is 16.3. The molecule has 0 aliphatic heterocycles. The summed E-state index contributed by atoms with van der Waals surface area (Å²) in [5, 5.41) is 20.0. The smallest absolute Gasteiger partial charge is 0.221 e. The molecule has 26 heavy (non-hydrogen) atoms. The van der Waals surface area contributed by atoms with Gasteiger partial charge in [0.1, 0.15) is 18.5 Å². The average Bonchev–Trinajstić information content (AvgIpc) is 2.61. The number of fused-ring (bicyclic) bond motifs is 1. The number of aryl methyl sites for hydroxylation is 1. The third kappa shape index (κ3) is 3.64. The van der Waals surface area contributed by atoms with Gasteiger partial charge in [0.2, 0.25) is 11.4 Å². The molecule has 132 valence electrons. The quantitative estimate of drug-likeness (QED) is 0.432. The Kier molecular flexibility index (Phi) is 4.84. The van der Waals surface area contributed by atoms with Gasteiger partial charge >= 0.3 is 0 Å². The van der Waals surface area contributed by atoms with Gasteiger partial charge in [-0.2, -0.15) is 5.10 Å². The molecule has 2 aromatic carbocycles. The van der Waals surface area contributed by atoms with Crippen molar-refractivity contribution in [2.75, 3.05) is 17.4 Å². The maximum absolute atomic E-state index is 11.1. The second-order valence-corrected chi connectivity index (χ2v) is 6.05. The maximum atomic E-state index is 11.1. The Labute approximate surface area is 152 Å². The van der Waals surface area contributed by atoms with Crippen LogP contribution in [0.15, 0.2) is 59.8 Å². The molecule has 0 radical (unpaired) electrons. The molecule has 0 saturated carbocycles. The van der Waals surface area contributed by atoms with E-state index in [0.717, 1.165) is 16.5 Å². The fourth-order valence-electron chi connectivity index (χ4n) is 2.79. The molecule has 1 heterocycles. The van der Waals surface area contributed by atoms with E-state index >= 15 is 0 Å². The predicted molar refractivity (Wildman–Crippen MR) is 104 cm³/mol. The Morgan fingerprint density at radius 3 is 2.73 bits per heavy atom. The highest BCUT2D eigenvalue weighted by molar-refractivity contribution is 5.97. The molecule has 0 atom stereocenters. The summed E-state index contributed by atoms with van der Waals surface area (Å²) in [5.41, 5.74) is 3.18. The van der Waals surface area contributed by atoms with Gasteiger partial charge in [-0.3, -0.25) is 9.80 Å². The Hall–Kier alpha value is -3.41. The topological polar surface area (TPSA) is 68.8 Å². The van der Waals surface area contributed by atoms with Gasteiger partial charge in [0.15, 0.2) is 6.20 Å². The number of phenols is 1. The Morgan fingerprint density at radius 2 is 2.00 bits per heavy atom. The predicted octanol–water partition coefficient (Wildman–Crippen LogP) is 2.80. The van der Waals surface area contributed by atoms with Crippen LogP contribution in [0.25, 0.3) is 10.9 Å². The van der Waals surface area contributed by atoms with Crippen molar-refractivity contribution in [2.45, 2.75) is 6.92 Å². The molecule has 6 heteroatoms. The van der Waals surface area contributed by atoms with Crippen LogP contribution in [0.4, 0.5) is 11.4 Å². The van der Waals surface area contributed by atoms with E-state index in [9.17, 15) is 9.90 Å². The van der Waals surface area contributed by atoms with Gasteiger partial charge in [-0.15, -0.1) is 0 Å². The van der Waals surface area contributed by atoms with Crippen LogP contribution in [0.5, 0.6) is 5.75 Å². The van der Waals surface area contributed by atoms with Crippen LogP contribution in [0, 0.1) is 0 Å². The zero-order chi connectivity index (χ0) is 18.7. The van der Waals surface area contributed by atoms with Crippen LogP contribution in [-0.2, 0) is 11.8 Å². The summed E-state index contributed by atoms with van der Waals surface area (Å²) < 4.78 is 2.06. The number of carbonyl (C=O) groups excluding carboxylic acids is 1. The molecule has 0 bridgehead atoms. The van der Waals surface area contributed by atoms with Gasteiger partial charge in [-0.05, 0) is 18.2 Å². The molecular weight excluding hydrogens is 328 g/mol. The van der Waals surface area contributed by atoms with E-state index in [1.165, 1.54) is 13.0 Å². The van der Waals surface area contributed by atoms with Crippen molar-refractivity contribution in [1.82, 2.24) is 0 Å². The first kappa shape index (κ1) is 17.4. The van der Waals surface area contributed by atoms with Gasteiger partial charge < -0.3 is 10.4 Å². The number of pyridine rings is 1. The summed E-state index contributed by atoms with van der Waals surface area (Å²) in [4.78, 5) is 11.1. The molecular formula is C20H21N4O2+. The maximum Gasteiger partial charge on any atom is 0.221 e. The van der Waals surface area contributed by atoms with E-state index in [1.807, 2.05) is 31.4 Å². The molecule has 1 aromatic heterocycles. The number of phenolic OH excluding ortho intramolecular Hbond substituents is 1. The number of nitrogens with zero attached hydrogens (tertiary/aromatic N) is 3. The lowest BCUT2D eigenvalue weighted by molar-refractivity contribution is -0.644. The van der Waals surface area contributed by atoms with Crippen molar-refractivity contribution < 1.29 is 14.5 Å². The van der Waals surface area contributed by atoms with Gasteiger partial charge in [-0.1, -0.05) is 12.1 Å². The largest absolute Gasteiger partial charge is 0.506 e. The number of aromatic hydroxyl groups is 1. The number of amides is 1. The molecule has 0 unspecified atom stereocenters. The highest BCUT2D eigenvalue weighted by Crippen LogP contribution is 2.29. The lowest BCUT2D eigenvalue weighted by atomic mass is 10.1. The molecule has 2 N–H and O–H groups in total. The summed E-state index contributed by atoms with van der Waals surface area (Å²) in [5.74, 6) is -0.145. The minimum Gasteiger partial charge on any atom is -0.506 e. The second-order valence-electron chi connectivity index (χ2n) is 6.05. The molecule has 0 spiro atoms. The normalized spacial score (nSPS) is 11.0. The number of hydrazone groups is 1. The van der Waals surface area contributed by atoms with E-state index in [-0.39, 0.29) is 11.7 Å². The van der Waals surface area contributed by atoms with Gasteiger partial charge in [0.05, 0.1) is 11.6 Å². The Bertz CT molecular complexity index is 998. The molecule has 0 fully saturated rings. The molecule has 3 rings (SSSR count). The van der Waals surface area contributed by atoms with Gasteiger partial charge in [-0.25, -0.2) is 4.57 Å². The first-order valence-corrected chi connectivity index (χ1v) is 8.21. The lowest BCUT2D eigenvalue weighted by Crippen LogP contribution is -2.28. The minimum absolute atomic E-state index is 0.0419. The van der Waals surface area contributed by atoms with Crippen molar-refractivity contribution in [3.63, 3.8) is 0 Å². The second kappa shape index (κ2) is 7.23. The highest BCUT2D eigenvalue weighted by Gasteiger charge is 2.09. The standard InChI is InChI=1S/C20H20N4O2/c1-14(25)22-16-8-9-19(20(26)12-16)24(3)21-13-15-10-11-23(2)18-7-5-4-6-17(15)18/h4-13H,1-3H3,(H-,21,22,25,26)/p+1. The van der Waals surface area contributed by atoms with Crippen molar-refractivity contribution in [3.05, 3.63) is 60.3 Å². The first-order chi connectivity index (χ1) is 12.5. The summed E-state index contributed by atoms with van der Waals surface area (Å²) in [6.45, 7) is 1.42. The fourth-order valence-corrected chi connectivity index (χ4v) is 2.79. The number of para-hydroxylation sites is 1. The third-order valence-electron chi connectivity index (χ3n) is 4.09. The first-order valence-electron chi connectivity index (χ1n) is 8.21. The summed E-state index contributed by atoms with van der Waals surface area (Å²) in [7, 11) is 3.76. The number of rotatable bonds is 4. The zero-order valence-corrected chi connectivity index (χ0v) is 15.0. The van der Waals surface area contributed by atoms with Crippen molar-refractivity contribution >= 4 is 34.4 Å². The fraction of sp³-hybridized carbons (Fsp3) is 0.150. The number of hydrogen-bond donors (Lipinski definition) is 2. The number of carbonyl (C=O) groups is 1. The molecule has 0 aliphatic rings. The molecule has 1 amide bonds. The van der Waals surface area contributed by atoms with Crippen LogP contribution in [0.1, 0.15) is 12.5 Å². The minimum atomic E-state index is -0.187. The van der Waals surface area contributed by atoms with Crippen molar-refractivity contribution in [3.8, 4) is 5.75 Å². The van der Waals surface area contributed by atoms with Crippen LogP contribution in [-0.4, -0.2) is 24.3 Å². The van der Waals surface area contributed by atoms with Crippen LogP contribution < -0.4 is 14.9 Å². The van der Waals surface area contributed by atoms with Crippen LogP contribution in [0.2, 0.25) is 0 Å². The molecule has 0 aliphatic carbocycles. The molecule has 0 saturated heterocycles. The summed E-state index contributed by atoms with van der Waals surface area (Å²) in [6, 6.07) is 15.0. The van der Waals surface area contributed by atoms with Crippen LogP contribution in [0.3, 0.4) is 0 Å². The molecule has 3 aromatic rings. The van der Waals surface area contributed by atoms with Gasteiger partial charge in [0.25, 0.3) is 0 Å². The van der Waals surface area contributed by atoms with E-state index < -0.39 is 0 Å². The third-order valence-corrected chi connectivity index (χ3v) is 4.09. The number of anilines is 2. The van der Waals surface area contributed by atoms with Crippen molar-refractivity contribution in [2.24, 2.45) is 12.1 Å². The Morgan fingerprint density at radius 1 is 1.23 bits per heavy atom. The summed E-state index contributed by atoms with van der Waals surface area (Å²) >= 11 is 0. The van der Waals surface area contributed by atoms with Crippen LogP contribution >= 0.6 is 0 Å². The SMILES string of the molecule is CC(=O)Nc1ccc(N(C)/N=C\c2cc[n+](C)c3ccccc23)c(O)c1. The Balaban J connectivity index is 1.87. The number of nitrogens with one attached hydrogen (secondary N) is 1. The van der Waals surface area contributed by atoms with E-state index in [0.29, 0.717) is 11.4 Å². The number of benzene rings is 2.